The molecule has 1 unspecified atom stereocenters. The first-order valence-corrected chi connectivity index (χ1v) is 6.42. The fourth-order valence-corrected chi connectivity index (χ4v) is 1.76. The minimum Gasteiger partial charge on any atom is -0.480 e. The third-order valence-electron chi connectivity index (χ3n) is 3.16. The van der Waals surface area contributed by atoms with Gasteiger partial charge in [-0.1, -0.05) is 37.3 Å². The minimum atomic E-state index is -1.22. The summed E-state index contributed by atoms with van der Waals surface area (Å²) >= 11 is 0. The van der Waals surface area contributed by atoms with Gasteiger partial charge in [-0.25, -0.2) is 4.79 Å². The average molecular weight is 263 g/mol. The molecule has 0 spiro atoms. The van der Waals surface area contributed by atoms with Crippen LogP contribution in [0.5, 0.6) is 0 Å². The van der Waals surface area contributed by atoms with Crippen molar-refractivity contribution in [2.45, 2.75) is 45.1 Å². The van der Waals surface area contributed by atoms with E-state index < -0.39 is 11.5 Å². The van der Waals surface area contributed by atoms with Crippen LogP contribution in [-0.2, 0) is 9.59 Å². The van der Waals surface area contributed by atoms with Crippen molar-refractivity contribution in [1.29, 1.82) is 0 Å². The molecule has 19 heavy (non-hydrogen) atoms. The molecule has 0 saturated carbocycles. The van der Waals surface area contributed by atoms with Crippen molar-refractivity contribution in [3.05, 3.63) is 35.9 Å². The quantitative estimate of drug-likeness (QED) is 0.829. The number of nitrogens with one attached hydrogen (secondary N) is 1. The highest BCUT2D eigenvalue weighted by Gasteiger charge is 2.28. The summed E-state index contributed by atoms with van der Waals surface area (Å²) in [4.78, 5) is 22.6. The average Bonchev–Trinajstić information content (AvgIpc) is 2.36. The fourth-order valence-electron chi connectivity index (χ4n) is 1.76. The highest BCUT2D eigenvalue weighted by Crippen LogP contribution is 2.20. The number of hydrogen-bond donors (Lipinski definition) is 2. The summed E-state index contributed by atoms with van der Waals surface area (Å²) in [5, 5.41) is 11.5. The number of carbonyl (C=O) groups excluding carboxylic acids is 1. The van der Waals surface area contributed by atoms with Crippen LogP contribution < -0.4 is 5.32 Å². The van der Waals surface area contributed by atoms with E-state index in [4.69, 9.17) is 5.11 Å². The maximum atomic E-state index is 11.7. The molecule has 1 aromatic carbocycles. The topological polar surface area (TPSA) is 66.4 Å². The van der Waals surface area contributed by atoms with Crippen LogP contribution in [0.4, 0.5) is 0 Å². The second-order valence-corrected chi connectivity index (χ2v) is 5.33. The van der Waals surface area contributed by atoms with Gasteiger partial charge in [0.1, 0.15) is 5.54 Å². The Hall–Kier alpha value is -1.84. The van der Waals surface area contributed by atoms with Crippen molar-refractivity contribution in [2.75, 3.05) is 0 Å². The normalized spacial score (nSPS) is 12.8. The van der Waals surface area contributed by atoms with Crippen molar-refractivity contribution >= 4 is 11.9 Å². The van der Waals surface area contributed by atoms with E-state index in [1.165, 1.54) is 19.4 Å². The lowest BCUT2D eigenvalue weighted by molar-refractivity contribution is -0.146. The summed E-state index contributed by atoms with van der Waals surface area (Å²) < 4.78 is 0. The summed E-state index contributed by atoms with van der Waals surface area (Å²) in [6.07, 6.45) is 1.03. The van der Waals surface area contributed by atoms with Gasteiger partial charge in [-0.05, 0) is 31.7 Å². The maximum Gasteiger partial charge on any atom is 0.328 e. The molecule has 0 aliphatic rings. The first kappa shape index (κ1) is 15.2. The molecule has 0 bridgehead atoms. The molecule has 1 rings (SSSR count). The van der Waals surface area contributed by atoms with E-state index in [0.29, 0.717) is 12.8 Å². The summed E-state index contributed by atoms with van der Waals surface area (Å²) in [5.41, 5.74) is -0.0274. The summed E-state index contributed by atoms with van der Waals surface area (Å²) in [6, 6.07) is 9.96. The molecule has 0 saturated heterocycles. The maximum absolute atomic E-state index is 11.7. The number of carbonyl (C=O) groups is 2. The minimum absolute atomic E-state index is 0.227. The monoisotopic (exact) mass is 263 g/mol. The lowest BCUT2D eigenvalue weighted by atomic mass is 9.96. The van der Waals surface area contributed by atoms with Crippen molar-refractivity contribution in [3.8, 4) is 0 Å². The van der Waals surface area contributed by atoms with Gasteiger partial charge >= 0.3 is 5.97 Å². The Morgan fingerprint density at radius 3 is 2.37 bits per heavy atom. The fraction of sp³-hybridized carbons (Fsp3) is 0.467. The number of benzene rings is 1. The van der Waals surface area contributed by atoms with Gasteiger partial charge in [0.05, 0.1) is 0 Å². The van der Waals surface area contributed by atoms with Crippen LogP contribution in [0.25, 0.3) is 0 Å². The van der Waals surface area contributed by atoms with Crippen LogP contribution in [0, 0.1) is 0 Å². The Bertz CT molecular complexity index is 440. The Kier molecular flexibility index (Phi) is 5.10. The highest BCUT2D eigenvalue weighted by atomic mass is 16.4. The lowest BCUT2D eigenvalue weighted by Gasteiger charge is -2.21. The molecule has 0 aliphatic carbocycles. The van der Waals surface area contributed by atoms with Crippen LogP contribution in [0.3, 0.4) is 0 Å². The molecular formula is C15H21NO3. The largest absolute Gasteiger partial charge is 0.480 e. The summed E-state index contributed by atoms with van der Waals surface area (Å²) in [6.45, 7) is 5.02. The summed E-state index contributed by atoms with van der Waals surface area (Å²) in [7, 11) is 0. The molecule has 0 aliphatic heterocycles. The highest BCUT2D eigenvalue weighted by molar-refractivity contribution is 5.86. The van der Waals surface area contributed by atoms with Crippen molar-refractivity contribution in [1.82, 2.24) is 5.32 Å². The molecule has 1 amide bonds. The number of rotatable bonds is 6. The van der Waals surface area contributed by atoms with E-state index in [1.807, 2.05) is 30.3 Å². The second kappa shape index (κ2) is 6.36. The van der Waals surface area contributed by atoms with Crippen LogP contribution in [0.1, 0.15) is 45.1 Å². The number of hydrogen-bond acceptors (Lipinski definition) is 2. The molecule has 0 radical (unpaired) electrons. The van der Waals surface area contributed by atoms with Crippen molar-refractivity contribution < 1.29 is 14.7 Å². The molecule has 4 heteroatoms. The number of carboxylic acids is 1. The van der Waals surface area contributed by atoms with Gasteiger partial charge in [0.15, 0.2) is 0 Å². The molecule has 1 atom stereocenters. The Morgan fingerprint density at radius 1 is 1.26 bits per heavy atom. The first-order valence-electron chi connectivity index (χ1n) is 6.42. The number of amides is 1. The number of aliphatic carboxylic acids is 1. The molecule has 0 heterocycles. The molecule has 0 fully saturated rings. The first-order chi connectivity index (χ1) is 8.83. The smallest absolute Gasteiger partial charge is 0.328 e. The van der Waals surface area contributed by atoms with Crippen LogP contribution in [-0.4, -0.2) is 22.5 Å². The van der Waals surface area contributed by atoms with E-state index >= 15 is 0 Å². The van der Waals surface area contributed by atoms with E-state index in [0.717, 1.165) is 0 Å². The number of carboxylic acid groups (broad SMARTS) is 1. The van der Waals surface area contributed by atoms with Crippen molar-refractivity contribution in [3.63, 3.8) is 0 Å². The van der Waals surface area contributed by atoms with Gasteiger partial charge in [-0.15, -0.1) is 0 Å². The van der Waals surface area contributed by atoms with Gasteiger partial charge in [0.2, 0.25) is 5.91 Å². The second-order valence-electron chi connectivity index (χ2n) is 5.33. The standard InChI is InChI=1S/C15H21NO3/c1-11(12-7-5-4-6-8-12)9-10-13(17)16-15(2,3)14(18)19/h4-8,11H,9-10H2,1-3H3,(H,16,17)(H,18,19). The van der Waals surface area contributed by atoms with Crippen LogP contribution in [0.2, 0.25) is 0 Å². The molecule has 104 valence electrons. The van der Waals surface area contributed by atoms with Gasteiger partial charge < -0.3 is 10.4 Å². The van der Waals surface area contributed by atoms with Crippen molar-refractivity contribution in [2.24, 2.45) is 0 Å². The SMILES string of the molecule is CC(CCC(=O)NC(C)(C)C(=O)O)c1ccccc1. The van der Waals surface area contributed by atoms with E-state index in [2.05, 4.69) is 12.2 Å². The van der Waals surface area contributed by atoms with E-state index in [9.17, 15) is 9.59 Å². The molecule has 0 aromatic heterocycles. The molecular weight excluding hydrogens is 242 g/mol. The molecule has 1 aromatic rings. The van der Waals surface area contributed by atoms with Gasteiger partial charge in [0.25, 0.3) is 0 Å². The third-order valence-corrected chi connectivity index (χ3v) is 3.16. The summed E-state index contributed by atoms with van der Waals surface area (Å²) in [5.74, 6) is -0.980. The van der Waals surface area contributed by atoms with E-state index in [1.54, 1.807) is 0 Å². The Balaban J connectivity index is 2.45. The lowest BCUT2D eigenvalue weighted by Crippen LogP contribution is -2.49. The molecule has 2 N–H and O–H groups in total. The van der Waals surface area contributed by atoms with Gasteiger partial charge in [-0.3, -0.25) is 4.79 Å². The zero-order valence-electron chi connectivity index (χ0n) is 11.6. The predicted molar refractivity (Wildman–Crippen MR) is 73.9 cm³/mol. The van der Waals surface area contributed by atoms with E-state index in [-0.39, 0.29) is 11.8 Å². The predicted octanol–water partition coefficient (Wildman–Crippen LogP) is 2.55. The Morgan fingerprint density at radius 2 is 1.84 bits per heavy atom. The third kappa shape index (κ3) is 4.73. The van der Waals surface area contributed by atoms with Gasteiger partial charge in [0, 0.05) is 6.42 Å². The molecule has 4 nitrogen and oxygen atoms in total. The van der Waals surface area contributed by atoms with Gasteiger partial charge in [-0.2, -0.15) is 0 Å². The zero-order valence-corrected chi connectivity index (χ0v) is 11.6. The van der Waals surface area contributed by atoms with Crippen LogP contribution >= 0.6 is 0 Å². The van der Waals surface area contributed by atoms with Crippen LogP contribution in [0.15, 0.2) is 30.3 Å². The Labute approximate surface area is 113 Å². The zero-order chi connectivity index (χ0) is 14.5.